The van der Waals surface area contributed by atoms with Crippen LogP contribution < -0.4 is 11.1 Å². The Kier molecular flexibility index (Phi) is 4.90. The van der Waals surface area contributed by atoms with Crippen molar-refractivity contribution in [1.29, 1.82) is 0 Å². The van der Waals surface area contributed by atoms with Crippen LogP contribution in [0, 0.1) is 5.92 Å². The summed E-state index contributed by atoms with van der Waals surface area (Å²) in [6.07, 6.45) is 5.25. The predicted octanol–water partition coefficient (Wildman–Crippen LogP) is 3.56. The number of hydrogen-bond acceptors (Lipinski definition) is 4. The molecule has 1 amide bonds. The molecule has 0 aliphatic heterocycles. The average Bonchev–Trinajstić information content (AvgIpc) is 3.08. The van der Waals surface area contributed by atoms with Crippen LogP contribution in [0.5, 0.6) is 0 Å². The first-order valence-electron chi connectivity index (χ1n) is 7.36. The molecule has 116 valence electrons. The van der Waals surface area contributed by atoms with Crippen molar-refractivity contribution in [3.05, 3.63) is 45.4 Å². The van der Waals surface area contributed by atoms with E-state index in [1.54, 1.807) is 0 Å². The van der Waals surface area contributed by atoms with Gasteiger partial charge < -0.3 is 11.1 Å². The predicted molar refractivity (Wildman–Crippen MR) is 93.0 cm³/mol. The van der Waals surface area contributed by atoms with E-state index in [-0.39, 0.29) is 17.9 Å². The quantitative estimate of drug-likeness (QED) is 0.852. The molecule has 4 nitrogen and oxygen atoms in total. The highest BCUT2D eigenvalue weighted by molar-refractivity contribution is 9.10. The van der Waals surface area contributed by atoms with Gasteiger partial charge in [-0.2, -0.15) is 0 Å². The van der Waals surface area contributed by atoms with E-state index in [1.165, 1.54) is 16.9 Å². The highest BCUT2D eigenvalue weighted by Gasteiger charge is 2.28. The molecule has 0 spiro atoms. The van der Waals surface area contributed by atoms with Gasteiger partial charge in [-0.05, 0) is 37.0 Å². The molecule has 6 heteroatoms. The molecule has 1 fully saturated rings. The number of rotatable bonds is 4. The summed E-state index contributed by atoms with van der Waals surface area (Å²) in [5.41, 5.74) is 7.08. The molecular weight excluding hydrogens is 362 g/mol. The first-order valence-corrected chi connectivity index (χ1v) is 8.96. The summed E-state index contributed by atoms with van der Waals surface area (Å²) in [7, 11) is 0. The van der Waals surface area contributed by atoms with E-state index in [2.05, 4.69) is 38.4 Å². The van der Waals surface area contributed by atoms with Crippen molar-refractivity contribution >= 4 is 38.3 Å². The van der Waals surface area contributed by atoms with Crippen LogP contribution in [-0.2, 0) is 11.2 Å². The van der Waals surface area contributed by atoms with Crippen molar-refractivity contribution in [3.63, 3.8) is 0 Å². The lowest BCUT2D eigenvalue weighted by Gasteiger charge is -2.08. The van der Waals surface area contributed by atoms with E-state index in [0.717, 1.165) is 35.0 Å². The van der Waals surface area contributed by atoms with Crippen LogP contribution in [0.15, 0.2) is 34.9 Å². The Labute approximate surface area is 142 Å². The van der Waals surface area contributed by atoms with Crippen molar-refractivity contribution < 1.29 is 4.79 Å². The summed E-state index contributed by atoms with van der Waals surface area (Å²) < 4.78 is 1.07. The fourth-order valence-electron chi connectivity index (χ4n) is 2.76. The first-order chi connectivity index (χ1) is 10.6. The van der Waals surface area contributed by atoms with Gasteiger partial charge in [0.15, 0.2) is 5.13 Å². The molecule has 0 bridgehead atoms. The van der Waals surface area contributed by atoms with Crippen molar-refractivity contribution in [2.24, 2.45) is 11.7 Å². The maximum Gasteiger partial charge on any atom is 0.229 e. The third kappa shape index (κ3) is 3.94. The summed E-state index contributed by atoms with van der Waals surface area (Å²) in [5.74, 6) is 0.0868. The average molecular weight is 380 g/mol. The third-order valence-corrected chi connectivity index (χ3v) is 5.30. The number of carbonyl (C=O) groups excluding carboxylic acids is 1. The van der Waals surface area contributed by atoms with Crippen LogP contribution in [0.2, 0.25) is 0 Å². The number of benzene rings is 1. The third-order valence-electron chi connectivity index (χ3n) is 3.90. The second-order valence-corrected chi connectivity index (χ2v) is 7.73. The fraction of sp³-hybridized carbons (Fsp3) is 0.375. The number of halogens is 1. The largest absolute Gasteiger partial charge is 0.328 e. The molecule has 2 atom stereocenters. The minimum absolute atomic E-state index is 0.0347. The van der Waals surface area contributed by atoms with Gasteiger partial charge in [-0.15, -0.1) is 11.3 Å². The van der Waals surface area contributed by atoms with E-state index in [0.29, 0.717) is 5.13 Å². The normalized spacial score (nSPS) is 21.0. The lowest BCUT2D eigenvalue weighted by molar-refractivity contribution is -0.119. The number of anilines is 1. The fourth-order valence-corrected chi connectivity index (χ4v) is 4.05. The summed E-state index contributed by atoms with van der Waals surface area (Å²) >= 11 is 5.01. The van der Waals surface area contributed by atoms with Crippen LogP contribution in [-0.4, -0.2) is 16.9 Å². The van der Waals surface area contributed by atoms with E-state index < -0.39 is 0 Å². The van der Waals surface area contributed by atoms with Gasteiger partial charge in [0.05, 0.1) is 0 Å². The lowest BCUT2D eigenvalue weighted by atomic mass is 10.1. The number of nitrogens with two attached hydrogens (primary N) is 1. The van der Waals surface area contributed by atoms with Gasteiger partial charge in [0.2, 0.25) is 5.91 Å². The zero-order valence-electron chi connectivity index (χ0n) is 12.1. The molecule has 0 saturated heterocycles. The number of hydrogen-bond donors (Lipinski definition) is 2. The second-order valence-electron chi connectivity index (χ2n) is 5.70. The Balaban J connectivity index is 1.60. The summed E-state index contributed by atoms with van der Waals surface area (Å²) in [6, 6.07) is 8.38. The molecule has 3 rings (SSSR count). The number of aromatic nitrogens is 1. The Morgan fingerprint density at radius 1 is 1.45 bits per heavy atom. The highest BCUT2D eigenvalue weighted by atomic mass is 79.9. The summed E-state index contributed by atoms with van der Waals surface area (Å²) in [5, 5.41) is 3.60. The van der Waals surface area contributed by atoms with Gasteiger partial charge >= 0.3 is 0 Å². The molecular formula is C16H18BrN3OS. The van der Waals surface area contributed by atoms with Crippen LogP contribution in [0.4, 0.5) is 5.13 Å². The number of carbonyl (C=O) groups is 1. The molecule has 2 unspecified atom stereocenters. The number of nitrogens with zero attached hydrogens (tertiary/aromatic N) is 1. The molecule has 0 radical (unpaired) electrons. The zero-order valence-corrected chi connectivity index (χ0v) is 14.5. The lowest BCUT2D eigenvalue weighted by Crippen LogP contribution is -2.23. The van der Waals surface area contributed by atoms with Crippen molar-refractivity contribution in [2.45, 2.75) is 31.7 Å². The van der Waals surface area contributed by atoms with Crippen molar-refractivity contribution in [1.82, 2.24) is 4.98 Å². The van der Waals surface area contributed by atoms with Gasteiger partial charge in [-0.25, -0.2) is 4.98 Å². The first kappa shape index (κ1) is 15.6. The smallest absolute Gasteiger partial charge is 0.229 e. The molecule has 1 aliphatic carbocycles. The number of amides is 1. The van der Waals surface area contributed by atoms with Crippen LogP contribution in [0.3, 0.4) is 0 Å². The molecule has 1 aromatic heterocycles. The minimum atomic E-state index is 0.0347. The molecule has 1 aliphatic rings. The molecule has 1 saturated carbocycles. The van der Waals surface area contributed by atoms with Gasteiger partial charge in [0.1, 0.15) is 0 Å². The van der Waals surface area contributed by atoms with Crippen molar-refractivity contribution in [2.75, 3.05) is 5.32 Å². The highest BCUT2D eigenvalue weighted by Crippen LogP contribution is 2.27. The van der Waals surface area contributed by atoms with E-state index in [9.17, 15) is 4.79 Å². The minimum Gasteiger partial charge on any atom is -0.328 e. The second kappa shape index (κ2) is 6.89. The maximum absolute atomic E-state index is 12.2. The molecule has 2 aromatic rings. The van der Waals surface area contributed by atoms with E-state index >= 15 is 0 Å². The Morgan fingerprint density at radius 2 is 2.32 bits per heavy atom. The number of nitrogens with one attached hydrogen (secondary N) is 1. The SMILES string of the molecule is NC1CCC(C(=O)Nc2ncc(Cc3cccc(Br)c3)s2)C1. The van der Waals surface area contributed by atoms with Gasteiger partial charge in [0, 0.05) is 33.9 Å². The van der Waals surface area contributed by atoms with Crippen LogP contribution in [0.1, 0.15) is 29.7 Å². The van der Waals surface area contributed by atoms with Crippen LogP contribution >= 0.6 is 27.3 Å². The monoisotopic (exact) mass is 379 g/mol. The Morgan fingerprint density at radius 3 is 3.05 bits per heavy atom. The maximum atomic E-state index is 12.2. The van der Waals surface area contributed by atoms with Crippen LogP contribution in [0.25, 0.3) is 0 Å². The summed E-state index contributed by atoms with van der Waals surface area (Å²) in [6.45, 7) is 0. The standard InChI is InChI=1S/C16H18BrN3OS/c17-12-3-1-2-10(6-12)7-14-9-19-16(22-14)20-15(21)11-4-5-13(18)8-11/h1-3,6,9,11,13H,4-5,7-8,18H2,(H,19,20,21). The molecule has 3 N–H and O–H groups in total. The topological polar surface area (TPSA) is 68.0 Å². The molecule has 1 aromatic carbocycles. The van der Waals surface area contributed by atoms with Gasteiger partial charge in [-0.1, -0.05) is 28.1 Å². The van der Waals surface area contributed by atoms with E-state index in [1.807, 2.05) is 18.3 Å². The van der Waals surface area contributed by atoms with E-state index in [4.69, 9.17) is 5.73 Å². The molecule has 1 heterocycles. The molecule has 22 heavy (non-hydrogen) atoms. The Bertz CT molecular complexity index is 673. The Hall–Kier alpha value is -1.24. The van der Waals surface area contributed by atoms with Gasteiger partial charge in [-0.3, -0.25) is 4.79 Å². The summed E-state index contributed by atoms with van der Waals surface area (Å²) in [4.78, 5) is 17.6. The zero-order chi connectivity index (χ0) is 15.5. The number of thiazole rings is 1. The van der Waals surface area contributed by atoms with Crippen molar-refractivity contribution in [3.8, 4) is 0 Å². The van der Waals surface area contributed by atoms with Gasteiger partial charge in [0.25, 0.3) is 0 Å².